The van der Waals surface area contributed by atoms with E-state index in [-0.39, 0.29) is 25.0 Å². The van der Waals surface area contributed by atoms with Crippen LogP contribution < -0.4 is 5.32 Å². The summed E-state index contributed by atoms with van der Waals surface area (Å²) in [5.41, 5.74) is 3.64. The summed E-state index contributed by atoms with van der Waals surface area (Å²) in [5, 5.41) is 12.3. The Kier molecular flexibility index (Phi) is 6.40. The van der Waals surface area contributed by atoms with E-state index in [1.54, 1.807) is 6.92 Å². The number of nitrogens with one attached hydrogen (secondary N) is 1. The topological polar surface area (TPSA) is 95.9 Å². The molecule has 1 heterocycles. The Morgan fingerprint density at radius 2 is 1.73 bits per heavy atom. The molecule has 0 aromatic heterocycles. The van der Waals surface area contributed by atoms with E-state index in [0.29, 0.717) is 19.4 Å². The van der Waals surface area contributed by atoms with Gasteiger partial charge < -0.3 is 20.1 Å². The molecule has 2 amide bonds. The van der Waals surface area contributed by atoms with Crippen LogP contribution in [0, 0.1) is 5.41 Å². The lowest BCUT2D eigenvalue weighted by Gasteiger charge is -2.26. The third-order valence-corrected chi connectivity index (χ3v) is 6.90. The number of rotatable bonds is 7. The van der Waals surface area contributed by atoms with Gasteiger partial charge in [-0.05, 0) is 42.0 Å². The average molecular weight is 451 g/mol. The Morgan fingerprint density at radius 1 is 1.12 bits per heavy atom. The van der Waals surface area contributed by atoms with Gasteiger partial charge in [-0.1, -0.05) is 61.9 Å². The molecule has 2 aromatic rings. The number of carbonyl (C=O) groups is 3. The van der Waals surface area contributed by atoms with E-state index in [9.17, 15) is 19.5 Å². The number of ether oxygens (including phenoxy) is 1. The maximum absolute atomic E-state index is 12.8. The highest BCUT2D eigenvalue weighted by molar-refractivity contribution is 5.87. The van der Waals surface area contributed by atoms with E-state index < -0.39 is 23.5 Å². The van der Waals surface area contributed by atoms with Gasteiger partial charge in [-0.15, -0.1) is 0 Å². The molecule has 7 nitrogen and oxygen atoms in total. The Morgan fingerprint density at radius 3 is 2.30 bits per heavy atom. The zero-order valence-corrected chi connectivity index (χ0v) is 19.0. The van der Waals surface area contributed by atoms with Crippen molar-refractivity contribution in [2.75, 3.05) is 19.7 Å². The van der Waals surface area contributed by atoms with Crippen LogP contribution in [0.1, 0.15) is 50.2 Å². The third kappa shape index (κ3) is 4.32. The third-order valence-electron chi connectivity index (χ3n) is 6.90. The molecule has 174 valence electrons. The second-order valence-corrected chi connectivity index (χ2v) is 9.04. The number of alkyl carbamates (subject to hydrolysis) is 1. The number of carbonyl (C=O) groups excluding carboxylic acids is 2. The number of aliphatic carboxylic acids is 1. The first-order chi connectivity index (χ1) is 15.9. The van der Waals surface area contributed by atoms with E-state index in [2.05, 4.69) is 17.4 Å². The van der Waals surface area contributed by atoms with Gasteiger partial charge in [0.15, 0.2) is 0 Å². The van der Waals surface area contributed by atoms with Gasteiger partial charge in [0.25, 0.3) is 0 Å². The first-order valence-electron chi connectivity index (χ1n) is 11.5. The fourth-order valence-corrected chi connectivity index (χ4v) is 5.18. The van der Waals surface area contributed by atoms with Crippen LogP contribution >= 0.6 is 0 Å². The molecule has 0 spiro atoms. The fraction of sp³-hybridized carbons (Fsp3) is 0.423. The van der Waals surface area contributed by atoms with Crippen LogP contribution in [-0.2, 0) is 14.3 Å². The molecule has 2 N–H and O–H groups in total. The molecule has 4 rings (SSSR count). The van der Waals surface area contributed by atoms with Gasteiger partial charge in [0.1, 0.15) is 12.6 Å². The molecular weight excluding hydrogens is 420 g/mol. The van der Waals surface area contributed by atoms with E-state index in [1.807, 2.05) is 43.3 Å². The Balaban J connectivity index is 1.35. The summed E-state index contributed by atoms with van der Waals surface area (Å²) in [6, 6.07) is 15.4. The molecule has 1 fully saturated rings. The molecule has 1 aliphatic carbocycles. The van der Waals surface area contributed by atoms with Crippen molar-refractivity contribution in [2.24, 2.45) is 5.41 Å². The predicted molar refractivity (Wildman–Crippen MR) is 124 cm³/mol. The van der Waals surface area contributed by atoms with Crippen LogP contribution in [0.3, 0.4) is 0 Å². The van der Waals surface area contributed by atoms with Crippen molar-refractivity contribution in [2.45, 2.75) is 45.1 Å². The van der Waals surface area contributed by atoms with Gasteiger partial charge in [0.2, 0.25) is 5.91 Å². The van der Waals surface area contributed by atoms with Gasteiger partial charge in [0.05, 0.1) is 5.41 Å². The highest BCUT2D eigenvalue weighted by atomic mass is 16.5. The summed E-state index contributed by atoms with van der Waals surface area (Å²) in [5.74, 6) is -1.21. The summed E-state index contributed by atoms with van der Waals surface area (Å²) in [6.07, 6.45) is 1.04. The largest absolute Gasteiger partial charge is 0.481 e. The number of fused-ring (bicyclic) bond motifs is 3. The number of benzene rings is 2. The van der Waals surface area contributed by atoms with Crippen LogP contribution in [0.4, 0.5) is 4.79 Å². The first kappa shape index (κ1) is 22.8. The van der Waals surface area contributed by atoms with Gasteiger partial charge in [0, 0.05) is 19.0 Å². The SMILES string of the molecule is CCCC1(C(=O)O)CCN(C(=O)[C@@H](C)NC(=O)OCC2c3ccccc3-c3ccccc32)C1. The van der Waals surface area contributed by atoms with Crippen LogP contribution in [0.5, 0.6) is 0 Å². The van der Waals surface area contributed by atoms with Crippen molar-refractivity contribution < 1.29 is 24.2 Å². The standard InChI is InChI=1S/C26H30N2O5/c1-3-12-26(24(30)31)13-14-28(16-26)23(29)17(2)27-25(32)33-15-22-20-10-6-4-8-18(20)19-9-5-7-11-21(19)22/h4-11,17,22H,3,12-16H2,1-2H3,(H,27,32)(H,30,31)/t17-,26?/m1/s1. The molecule has 7 heteroatoms. The normalized spacial score (nSPS) is 20.1. The number of amides is 2. The summed E-state index contributed by atoms with van der Waals surface area (Å²) >= 11 is 0. The number of carboxylic acids is 1. The lowest BCUT2D eigenvalue weighted by atomic mass is 9.83. The highest BCUT2D eigenvalue weighted by Crippen LogP contribution is 2.44. The van der Waals surface area contributed by atoms with E-state index >= 15 is 0 Å². The predicted octanol–water partition coefficient (Wildman–Crippen LogP) is 4.02. The molecule has 33 heavy (non-hydrogen) atoms. The maximum atomic E-state index is 12.8. The number of hydrogen-bond acceptors (Lipinski definition) is 4. The first-order valence-corrected chi connectivity index (χ1v) is 11.5. The lowest BCUT2D eigenvalue weighted by Crippen LogP contribution is -2.47. The molecule has 1 saturated heterocycles. The highest BCUT2D eigenvalue weighted by Gasteiger charge is 2.46. The van der Waals surface area contributed by atoms with Crippen LogP contribution in [0.25, 0.3) is 11.1 Å². The number of hydrogen-bond donors (Lipinski definition) is 2. The minimum atomic E-state index is -0.895. The van der Waals surface area contributed by atoms with Crippen molar-refractivity contribution >= 4 is 18.0 Å². The molecule has 0 saturated carbocycles. The van der Waals surface area contributed by atoms with Crippen molar-refractivity contribution in [3.63, 3.8) is 0 Å². The molecular formula is C26H30N2O5. The second-order valence-electron chi connectivity index (χ2n) is 9.04. The number of nitrogens with zero attached hydrogens (tertiary/aromatic N) is 1. The average Bonchev–Trinajstić information content (AvgIpc) is 3.38. The molecule has 2 aromatic carbocycles. The van der Waals surface area contributed by atoms with Crippen LogP contribution in [0.15, 0.2) is 48.5 Å². The van der Waals surface area contributed by atoms with E-state index in [4.69, 9.17) is 4.74 Å². The zero-order valence-electron chi connectivity index (χ0n) is 19.0. The van der Waals surface area contributed by atoms with E-state index in [1.165, 1.54) is 4.90 Å². The van der Waals surface area contributed by atoms with Crippen molar-refractivity contribution in [3.8, 4) is 11.1 Å². The van der Waals surface area contributed by atoms with Crippen molar-refractivity contribution in [1.82, 2.24) is 10.2 Å². The summed E-state index contributed by atoms with van der Waals surface area (Å²) in [7, 11) is 0. The smallest absolute Gasteiger partial charge is 0.407 e. The number of likely N-dealkylation sites (tertiary alicyclic amines) is 1. The van der Waals surface area contributed by atoms with Gasteiger partial charge in [-0.25, -0.2) is 4.79 Å². The number of carboxylic acid groups (broad SMARTS) is 1. The van der Waals surface area contributed by atoms with Crippen LogP contribution in [-0.4, -0.2) is 53.7 Å². The Hall–Kier alpha value is -3.35. The second kappa shape index (κ2) is 9.25. The summed E-state index contributed by atoms with van der Waals surface area (Å²) < 4.78 is 5.53. The zero-order chi connectivity index (χ0) is 23.6. The van der Waals surface area contributed by atoms with Crippen LogP contribution in [0.2, 0.25) is 0 Å². The minimum absolute atomic E-state index is 0.0574. The van der Waals surface area contributed by atoms with Crippen molar-refractivity contribution in [1.29, 1.82) is 0 Å². The molecule has 1 unspecified atom stereocenters. The Bertz CT molecular complexity index is 1020. The quantitative estimate of drug-likeness (QED) is 0.664. The van der Waals surface area contributed by atoms with Gasteiger partial charge >= 0.3 is 12.1 Å². The summed E-state index contributed by atoms with van der Waals surface area (Å²) in [4.78, 5) is 38.7. The summed E-state index contributed by atoms with van der Waals surface area (Å²) in [6.45, 7) is 4.26. The van der Waals surface area contributed by atoms with Crippen molar-refractivity contribution in [3.05, 3.63) is 59.7 Å². The molecule has 0 radical (unpaired) electrons. The maximum Gasteiger partial charge on any atom is 0.407 e. The fourth-order valence-electron chi connectivity index (χ4n) is 5.18. The molecule has 0 bridgehead atoms. The molecule has 1 aliphatic heterocycles. The lowest BCUT2D eigenvalue weighted by molar-refractivity contribution is -0.149. The monoisotopic (exact) mass is 450 g/mol. The van der Waals surface area contributed by atoms with E-state index in [0.717, 1.165) is 28.7 Å². The minimum Gasteiger partial charge on any atom is -0.481 e. The Labute approximate surface area is 193 Å². The molecule has 2 aliphatic rings. The van der Waals surface area contributed by atoms with Gasteiger partial charge in [-0.3, -0.25) is 9.59 Å². The van der Waals surface area contributed by atoms with Gasteiger partial charge in [-0.2, -0.15) is 0 Å². The molecule has 2 atom stereocenters.